The molecule has 18 heavy (non-hydrogen) atoms. The summed E-state index contributed by atoms with van der Waals surface area (Å²) in [5.74, 6) is 0. The topological polar surface area (TPSA) is 16.1 Å². The summed E-state index contributed by atoms with van der Waals surface area (Å²) in [5, 5.41) is 0.602. The van der Waals surface area contributed by atoms with Crippen LogP contribution < -0.4 is 0 Å². The molecule has 0 fully saturated rings. The van der Waals surface area contributed by atoms with Crippen LogP contribution in [0.3, 0.4) is 0 Å². The summed E-state index contributed by atoms with van der Waals surface area (Å²) in [6.07, 6.45) is 2.97. The van der Waals surface area contributed by atoms with Crippen LogP contribution in [0.1, 0.15) is 16.7 Å². The van der Waals surface area contributed by atoms with Gasteiger partial charge in [0.2, 0.25) is 0 Å². The summed E-state index contributed by atoms with van der Waals surface area (Å²) in [5.41, 5.74) is 4.02. The van der Waals surface area contributed by atoms with Crippen molar-refractivity contribution in [3.63, 3.8) is 0 Å². The molecule has 1 aromatic carbocycles. The fraction of sp³-hybridized carbons (Fsp3) is 0.267. The van der Waals surface area contributed by atoms with Gasteiger partial charge in [-0.15, -0.1) is 0 Å². The number of hydrogen-bond acceptors (Lipinski definition) is 2. The van der Waals surface area contributed by atoms with Crippen LogP contribution in [0.4, 0.5) is 0 Å². The molecule has 0 N–H and O–H groups in total. The third-order valence-electron chi connectivity index (χ3n) is 3.39. The molecule has 3 heteroatoms. The van der Waals surface area contributed by atoms with Gasteiger partial charge in [-0.2, -0.15) is 0 Å². The van der Waals surface area contributed by atoms with Crippen molar-refractivity contribution in [2.45, 2.75) is 19.5 Å². The van der Waals surface area contributed by atoms with E-state index < -0.39 is 0 Å². The second kappa shape index (κ2) is 5.09. The molecule has 2 nitrogen and oxygen atoms in total. The minimum Gasteiger partial charge on any atom is -0.294 e. The van der Waals surface area contributed by atoms with Gasteiger partial charge in [0.05, 0.1) is 0 Å². The van der Waals surface area contributed by atoms with Crippen LogP contribution in [-0.2, 0) is 19.5 Å². The van der Waals surface area contributed by atoms with Crippen LogP contribution in [-0.4, -0.2) is 16.4 Å². The molecule has 0 aliphatic carbocycles. The van der Waals surface area contributed by atoms with Crippen molar-refractivity contribution in [2.75, 3.05) is 6.54 Å². The number of rotatable bonds is 2. The third-order valence-corrected chi connectivity index (χ3v) is 3.60. The summed E-state index contributed by atoms with van der Waals surface area (Å²) >= 11 is 5.92. The summed E-state index contributed by atoms with van der Waals surface area (Å²) < 4.78 is 0. The lowest BCUT2D eigenvalue weighted by Crippen LogP contribution is -2.30. The van der Waals surface area contributed by atoms with Crippen LogP contribution >= 0.6 is 11.6 Å². The van der Waals surface area contributed by atoms with Gasteiger partial charge in [0.25, 0.3) is 0 Å². The van der Waals surface area contributed by atoms with E-state index >= 15 is 0 Å². The van der Waals surface area contributed by atoms with Crippen molar-refractivity contribution >= 4 is 11.6 Å². The molecular formula is C15H15ClN2. The molecule has 0 amide bonds. The number of halogens is 1. The number of nitrogens with zero attached hydrogens (tertiary/aromatic N) is 2. The van der Waals surface area contributed by atoms with E-state index in [9.17, 15) is 0 Å². The molecule has 0 radical (unpaired) electrons. The molecule has 0 unspecified atom stereocenters. The number of aromatic nitrogens is 1. The Morgan fingerprint density at radius 2 is 2.00 bits per heavy atom. The zero-order chi connectivity index (χ0) is 12.4. The maximum atomic E-state index is 5.92. The van der Waals surface area contributed by atoms with Crippen LogP contribution in [0, 0.1) is 0 Å². The summed E-state index contributed by atoms with van der Waals surface area (Å²) in [6, 6.07) is 12.6. The molecule has 0 bridgehead atoms. The van der Waals surface area contributed by atoms with Crippen molar-refractivity contribution < 1.29 is 0 Å². The first-order chi connectivity index (χ1) is 8.81. The van der Waals surface area contributed by atoms with Crippen molar-refractivity contribution in [1.82, 2.24) is 9.88 Å². The Balaban J connectivity index is 1.73. The number of fused-ring (bicyclic) bond motifs is 1. The Labute approximate surface area is 112 Å². The van der Waals surface area contributed by atoms with E-state index in [4.69, 9.17) is 11.6 Å². The molecule has 1 aromatic heterocycles. The van der Waals surface area contributed by atoms with Crippen LogP contribution in [0.15, 0.2) is 42.6 Å². The van der Waals surface area contributed by atoms with Gasteiger partial charge in [-0.1, -0.05) is 41.9 Å². The van der Waals surface area contributed by atoms with Gasteiger partial charge in [-0.05, 0) is 29.2 Å². The molecule has 3 rings (SSSR count). The average Bonchev–Trinajstić information content (AvgIpc) is 2.40. The Morgan fingerprint density at radius 1 is 1.17 bits per heavy atom. The summed E-state index contributed by atoms with van der Waals surface area (Å²) in [6.45, 7) is 3.06. The van der Waals surface area contributed by atoms with E-state index in [-0.39, 0.29) is 0 Å². The first-order valence-electron chi connectivity index (χ1n) is 6.21. The van der Waals surface area contributed by atoms with E-state index in [0.29, 0.717) is 5.15 Å². The zero-order valence-corrected chi connectivity index (χ0v) is 10.9. The van der Waals surface area contributed by atoms with Crippen molar-refractivity contribution in [1.29, 1.82) is 0 Å². The number of benzene rings is 1. The van der Waals surface area contributed by atoms with Gasteiger partial charge < -0.3 is 0 Å². The lowest BCUT2D eigenvalue weighted by molar-refractivity contribution is 0.245. The van der Waals surface area contributed by atoms with Crippen LogP contribution in [0.5, 0.6) is 0 Å². The van der Waals surface area contributed by atoms with Gasteiger partial charge in [-0.3, -0.25) is 4.90 Å². The predicted octanol–water partition coefficient (Wildman–Crippen LogP) is 3.29. The van der Waals surface area contributed by atoms with Crippen LogP contribution in [0.25, 0.3) is 0 Å². The summed E-state index contributed by atoms with van der Waals surface area (Å²) in [7, 11) is 0. The SMILES string of the molecule is Clc1cc2c(cn1)CN(Cc1ccccc1)CC2. The zero-order valence-electron chi connectivity index (χ0n) is 10.1. The molecule has 0 atom stereocenters. The molecule has 0 saturated carbocycles. The summed E-state index contributed by atoms with van der Waals surface area (Å²) in [4.78, 5) is 6.62. The highest BCUT2D eigenvalue weighted by molar-refractivity contribution is 6.29. The largest absolute Gasteiger partial charge is 0.294 e. The second-order valence-electron chi connectivity index (χ2n) is 4.72. The molecular weight excluding hydrogens is 244 g/mol. The number of pyridine rings is 1. The van der Waals surface area contributed by atoms with E-state index in [2.05, 4.69) is 40.2 Å². The van der Waals surface area contributed by atoms with Gasteiger partial charge in [-0.25, -0.2) is 4.98 Å². The highest BCUT2D eigenvalue weighted by Crippen LogP contribution is 2.21. The van der Waals surface area contributed by atoms with Crippen molar-refractivity contribution in [3.8, 4) is 0 Å². The Hall–Kier alpha value is -1.38. The third kappa shape index (κ3) is 2.55. The molecule has 0 spiro atoms. The van der Waals surface area contributed by atoms with Gasteiger partial charge >= 0.3 is 0 Å². The fourth-order valence-corrected chi connectivity index (χ4v) is 2.63. The highest BCUT2D eigenvalue weighted by atomic mass is 35.5. The molecule has 1 aliphatic rings. The maximum Gasteiger partial charge on any atom is 0.129 e. The predicted molar refractivity (Wildman–Crippen MR) is 73.5 cm³/mol. The lowest BCUT2D eigenvalue weighted by atomic mass is 10.0. The number of hydrogen-bond donors (Lipinski definition) is 0. The van der Waals surface area contributed by atoms with Gasteiger partial charge in [0.15, 0.2) is 0 Å². The monoisotopic (exact) mass is 258 g/mol. The molecule has 2 heterocycles. The van der Waals surface area contributed by atoms with E-state index in [0.717, 1.165) is 26.1 Å². The Morgan fingerprint density at radius 3 is 2.83 bits per heavy atom. The quantitative estimate of drug-likeness (QED) is 0.769. The normalized spacial score (nSPS) is 15.4. The van der Waals surface area contributed by atoms with Crippen molar-refractivity contribution in [2.24, 2.45) is 0 Å². The molecule has 92 valence electrons. The molecule has 1 aliphatic heterocycles. The van der Waals surface area contributed by atoms with Gasteiger partial charge in [0.1, 0.15) is 5.15 Å². The highest BCUT2D eigenvalue weighted by Gasteiger charge is 2.16. The average molecular weight is 259 g/mol. The lowest BCUT2D eigenvalue weighted by Gasteiger charge is -2.28. The maximum absolute atomic E-state index is 5.92. The fourth-order valence-electron chi connectivity index (χ4n) is 2.45. The van der Waals surface area contributed by atoms with E-state index in [1.54, 1.807) is 0 Å². The first kappa shape index (κ1) is 11.7. The van der Waals surface area contributed by atoms with Crippen LogP contribution in [0.2, 0.25) is 5.15 Å². The van der Waals surface area contributed by atoms with E-state index in [1.807, 2.05) is 12.3 Å². The Kier molecular flexibility index (Phi) is 3.31. The Bertz CT molecular complexity index is 539. The van der Waals surface area contributed by atoms with E-state index in [1.165, 1.54) is 16.7 Å². The minimum atomic E-state index is 0.602. The molecule has 0 saturated heterocycles. The van der Waals surface area contributed by atoms with Crippen molar-refractivity contribution in [3.05, 3.63) is 64.4 Å². The smallest absolute Gasteiger partial charge is 0.129 e. The standard InChI is InChI=1S/C15H15ClN2/c16-15-8-13-6-7-18(11-14(13)9-17-15)10-12-4-2-1-3-5-12/h1-5,8-9H,6-7,10-11H2. The molecule has 2 aromatic rings. The second-order valence-corrected chi connectivity index (χ2v) is 5.11. The first-order valence-corrected chi connectivity index (χ1v) is 6.58. The van der Waals surface area contributed by atoms with Gasteiger partial charge in [0, 0.05) is 25.8 Å². The minimum absolute atomic E-state index is 0.602.